The van der Waals surface area contributed by atoms with Crippen LogP contribution in [0.3, 0.4) is 0 Å². The lowest BCUT2D eigenvalue weighted by molar-refractivity contribution is 0.262. The minimum Gasteiger partial charge on any atom is -0.494 e. The Morgan fingerprint density at radius 1 is 0.750 bits per heavy atom. The average Bonchev–Trinajstić information content (AvgIpc) is 2.60. The summed E-state index contributed by atoms with van der Waals surface area (Å²) in [7, 11) is 0. The molecule has 0 saturated carbocycles. The topological polar surface area (TPSA) is 59.6 Å². The molecule has 0 aliphatic heterocycles. The highest BCUT2D eigenvalue weighted by atomic mass is 16.5. The number of benzene rings is 2. The summed E-state index contributed by atoms with van der Waals surface area (Å²) in [6.07, 6.45) is 1.93. The van der Waals surface area contributed by atoms with E-state index in [9.17, 15) is 4.79 Å². The number of rotatable bonds is 8. The Hall–Kier alpha value is -2.69. The molecule has 5 heteroatoms. The maximum atomic E-state index is 12.0. The minimum absolute atomic E-state index is 0.292. The van der Waals surface area contributed by atoms with Crippen LogP contribution in [0.4, 0.5) is 16.2 Å². The van der Waals surface area contributed by atoms with Crippen molar-refractivity contribution >= 4 is 17.4 Å². The van der Waals surface area contributed by atoms with Crippen LogP contribution >= 0.6 is 0 Å². The third kappa shape index (κ3) is 5.83. The lowest BCUT2D eigenvalue weighted by Crippen LogP contribution is -2.19. The van der Waals surface area contributed by atoms with Gasteiger partial charge in [-0.05, 0) is 61.4 Å². The van der Waals surface area contributed by atoms with Gasteiger partial charge in [-0.25, -0.2) is 4.79 Å². The summed E-state index contributed by atoms with van der Waals surface area (Å²) in [5.74, 6) is 1.59. The Morgan fingerprint density at radius 2 is 1.12 bits per heavy atom. The largest absolute Gasteiger partial charge is 0.494 e. The molecule has 0 saturated heterocycles. The van der Waals surface area contributed by atoms with Crippen molar-refractivity contribution in [3.63, 3.8) is 0 Å². The van der Waals surface area contributed by atoms with Crippen molar-refractivity contribution in [1.29, 1.82) is 0 Å². The molecular weight excluding hydrogens is 304 g/mol. The van der Waals surface area contributed by atoms with Crippen molar-refractivity contribution in [2.45, 2.75) is 26.7 Å². The van der Waals surface area contributed by atoms with Gasteiger partial charge < -0.3 is 20.1 Å². The van der Waals surface area contributed by atoms with Gasteiger partial charge in [0.1, 0.15) is 11.5 Å². The molecule has 0 spiro atoms. The quantitative estimate of drug-likeness (QED) is 0.724. The lowest BCUT2D eigenvalue weighted by atomic mass is 10.3. The molecule has 0 fully saturated rings. The Kier molecular flexibility index (Phi) is 6.95. The second-order valence-electron chi connectivity index (χ2n) is 5.32. The number of hydrogen-bond donors (Lipinski definition) is 2. The number of ether oxygens (including phenoxy) is 2. The second kappa shape index (κ2) is 9.45. The van der Waals surface area contributed by atoms with Gasteiger partial charge >= 0.3 is 6.03 Å². The van der Waals surface area contributed by atoms with Crippen LogP contribution in [0.1, 0.15) is 26.7 Å². The van der Waals surface area contributed by atoms with Crippen molar-refractivity contribution in [2.75, 3.05) is 23.8 Å². The van der Waals surface area contributed by atoms with Crippen LogP contribution in [-0.4, -0.2) is 19.2 Å². The number of anilines is 2. The van der Waals surface area contributed by atoms with E-state index < -0.39 is 0 Å². The van der Waals surface area contributed by atoms with Gasteiger partial charge in [-0.1, -0.05) is 13.8 Å². The molecule has 0 bridgehead atoms. The number of carbonyl (C=O) groups excluding carboxylic acids is 1. The zero-order chi connectivity index (χ0) is 17.2. The highest BCUT2D eigenvalue weighted by molar-refractivity contribution is 5.99. The van der Waals surface area contributed by atoms with Gasteiger partial charge in [0, 0.05) is 11.4 Å². The van der Waals surface area contributed by atoms with E-state index in [-0.39, 0.29) is 6.03 Å². The highest BCUT2D eigenvalue weighted by Crippen LogP contribution is 2.18. The molecule has 0 heterocycles. The van der Waals surface area contributed by atoms with E-state index in [0.29, 0.717) is 24.6 Å². The zero-order valence-electron chi connectivity index (χ0n) is 14.2. The summed E-state index contributed by atoms with van der Waals surface area (Å²) in [6, 6.07) is 14.3. The SMILES string of the molecule is CCCOc1ccc(NC(=O)Nc2ccc(OCCC)cc2)cc1. The third-order valence-electron chi connectivity index (χ3n) is 3.17. The first-order valence-electron chi connectivity index (χ1n) is 8.25. The molecule has 0 atom stereocenters. The van der Waals surface area contributed by atoms with Crippen LogP contribution in [0.25, 0.3) is 0 Å². The molecule has 0 aromatic heterocycles. The lowest BCUT2D eigenvalue weighted by Gasteiger charge is -2.10. The fraction of sp³-hybridized carbons (Fsp3) is 0.316. The molecule has 0 radical (unpaired) electrons. The number of hydrogen-bond acceptors (Lipinski definition) is 3. The highest BCUT2D eigenvalue weighted by Gasteiger charge is 2.03. The molecule has 2 N–H and O–H groups in total. The van der Waals surface area contributed by atoms with Crippen molar-refractivity contribution < 1.29 is 14.3 Å². The Labute approximate surface area is 143 Å². The molecule has 128 valence electrons. The third-order valence-corrected chi connectivity index (χ3v) is 3.17. The van der Waals surface area contributed by atoms with Crippen molar-refractivity contribution in [3.8, 4) is 11.5 Å². The summed E-state index contributed by atoms with van der Waals surface area (Å²) in [5.41, 5.74) is 1.42. The number of urea groups is 1. The van der Waals surface area contributed by atoms with E-state index in [1.165, 1.54) is 0 Å². The normalized spacial score (nSPS) is 10.1. The van der Waals surface area contributed by atoms with Gasteiger partial charge in [0.2, 0.25) is 0 Å². The summed E-state index contributed by atoms with van der Waals surface area (Å²) in [5, 5.41) is 5.57. The van der Waals surface area contributed by atoms with Crippen molar-refractivity contribution in [3.05, 3.63) is 48.5 Å². The molecule has 2 aromatic carbocycles. The second-order valence-corrected chi connectivity index (χ2v) is 5.32. The standard InChI is InChI=1S/C19H24N2O3/c1-3-13-23-17-9-5-15(6-10-17)20-19(22)21-16-7-11-18(12-8-16)24-14-4-2/h5-12H,3-4,13-14H2,1-2H3,(H2,20,21,22). The number of amides is 2. The van der Waals surface area contributed by atoms with Gasteiger partial charge in [-0.2, -0.15) is 0 Å². The monoisotopic (exact) mass is 328 g/mol. The number of carbonyl (C=O) groups is 1. The average molecular weight is 328 g/mol. The van der Waals surface area contributed by atoms with Gasteiger partial charge in [-0.15, -0.1) is 0 Å². The van der Waals surface area contributed by atoms with Gasteiger partial charge in [0.05, 0.1) is 13.2 Å². The molecule has 0 aliphatic carbocycles. The van der Waals surface area contributed by atoms with E-state index in [0.717, 1.165) is 24.3 Å². The Balaban J connectivity index is 1.84. The molecule has 2 rings (SSSR count). The molecule has 0 aliphatic rings. The predicted molar refractivity (Wildman–Crippen MR) is 97.1 cm³/mol. The summed E-state index contributed by atoms with van der Waals surface area (Å²) in [4.78, 5) is 12.0. The Morgan fingerprint density at radius 3 is 1.46 bits per heavy atom. The van der Waals surface area contributed by atoms with E-state index in [1.54, 1.807) is 0 Å². The zero-order valence-corrected chi connectivity index (χ0v) is 14.2. The first-order valence-corrected chi connectivity index (χ1v) is 8.25. The van der Waals surface area contributed by atoms with Gasteiger partial charge in [0.15, 0.2) is 0 Å². The molecule has 24 heavy (non-hydrogen) atoms. The Bertz CT molecular complexity index is 569. The van der Waals surface area contributed by atoms with Crippen LogP contribution in [0, 0.1) is 0 Å². The fourth-order valence-electron chi connectivity index (χ4n) is 2.00. The summed E-state index contributed by atoms with van der Waals surface area (Å²) >= 11 is 0. The molecule has 5 nitrogen and oxygen atoms in total. The van der Waals surface area contributed by atoms with Crippen LogP contribution in [0.15, 0.2) is 48.5 Å². The van der Waals surface area contributed by atoms with E-state index >= 15 is 0 Å². The van der Waals surface area contributed by atoms with Crippen molar-refractivity contribution in [1.82, 2.24) is 0 Å². The van der Waals surface area contributed by atoms with Crippen molar-refractivity contribution in [2.24, 2.45) is 0 Å². The molecule has 2 aromatic rings. The van der Waals surface area contributed by atoms with Crippen LogP contribution in [0.5, 0.6) is 11.5 Å². The van der Waals surface area contributed by atoms with E-state index in [2.05, 4.69) is 24.5 Å². The van der Waals surface area contributed by atoms with E-state index in [1.807, 2.05) is 48.5 Å². The van der Waals surface area contributed by atoms with Gasteiger partial charge in [-0.3, -0.25) is 0 Å². The smallest absolute Gasteiger partial charge is 0.323 e. The first-order chi connectivity index (χ1) is 11.7. The molecule has 2 amide bonds. The fourth-order valence-corrected chi connectivity index (χ4v) is 2.00. The van der Waals surface area contributed by atoms with Crippen LogP contribution < -0.4 is 20.1 Å². The summed E-state index contributed by atoms with van der Waals surface area (Å²) < 4.78 is 11.0. The van der Waals surface area contributed by atoms with Crippen LogP contribution in [0.2, 0.25) is 0 Å². The van der Waals surface area contributed by atoms with E-state index in [4.69, 9.17) is 9.47 Å². The van der Waals surface area contributed by atoms with Crippen LogP contribution in [-0.2, 0) is 0 Å². The predicted octanol–water partition coefficient (Wildman–Crippen LogP) is 4.91. The number of nitrogens with one attached hydrogen (secondary N) is 2. The van der Waals surface area contributed by atoms with Gasteiger partial charge in [0.25, 0.3) is 0 Å². The first kappa shape index (κ1) is 17.7. The maximum absolute atomic E-state index is 12.0. The molecule has 0 unspecified atom stereocenters. The summed E-state index contributed by atoms with van der Waals surface area (Å²) in [6.45, 7) is 5.49. The minimum atomic E-state index is -0.292. The maximum Gasteiger partial charge on any atom is 0.323 e. The molecular formula is C19H24N2O3.